The van der Waals surface area contributed by atoms with Gasteiger partial charge in [-0.1, -0.05) is 31.2 Å². The lowest BCUT2D eigenvalue weighted by atomic mass is 10.0. The first-order chi connectivity index (χ1) is 9.01. The maximum Gasteiger partial charge on any atom is 0.218 e. The number of benzene rings is 1. The van der Waals surface area contributed by atoms with Gasteiger partial charge in [0.15, 0.2) is 0 Å². The maximum absolute atomic E-state index is 12.3. The fraction of sp³-hybridized carbons (Fsp3) is 0.571. The van der Waals surface area contributed by atoms with Crippen LogP contribution in [-0.2, 0) is 22.3 Å². The van der Waals surface area contributed by atoms with Crippen molar-refractivity contribution in [2.24, 2.45) is 11.7 Å². The van der Waals surface area contributed by atoms with Crippen molar-refractivity contribution in [2.45, 2.75) is 32.1 Å². The number of sulfonamides is 1. The number of nitrogens with zero attached hydrogens (tertiary/aromatic N) is 1. The molecule has 0 amide bonds. The number of nitrogens with two attached hydrogens (primary N) is 1. The first kappa shape index (κ1) is 14.5. The van der Waals surface area contributed by atoms with E-state index in [4.69, 9.17) is 5.73 Å². The molecule has 0 aliphatic carbocycles. The Morgan fingerprint density at radius 2 is 1.68 bits per heavy atom. The van der Waals surface area contributed by atoms with Gasteiger partial charge in [0.2, 0.25) is 10.0 Å². The van der Waals surface area contributed by atoms with Crippen molar-refractivity contribution >= 4 is 10.0 Å². The molecule has 0 aromatic heterocycles. The summed E-state index contributed by atoms with van der Waals surface area (Å²) in [4.78, 5) is 0. The van der Waals surface area contributed by atoms with Crippen molar-refractivity contribution in [3.05, 3.63) is 35.4 Å². The average Bonchev–Trinajstić information content (AvgIpc) is 2.40. The standard InChI is InChI=1S/C14H22N2O2S/c1-12-6-8-16(9-7-12)19(17,18)11-14-4-2-13(10-15)3-5-14/h2-5,12H,6-11,15H2,1H3. The zero-order valence-corrected chi connectivity index (χ0v) is 12.2. The van der Waals surface area contributed by atoms with E-state index in [1.807, 2.05) is 24.3 Å². The molecule has 5 heteroatoms. The molecule has 1 aliphatic heterocycles. The summed E-state index contributed by atoms with van der Waals surface area (Å²) in [7, 11) is -3.18. The van der Waals surface area contributed by atoms with E-state index < -0.39 is 10.0 Å². The van der Waals surface area contributed by atoms with E-state index in [2.05, 4.69) is 6.92 Å². The van der Waals surface area contributed by atoms with Crippen LogP contribution in [0.25, 0.3) is 0 Å². The van der Waals surface area contributed by atoms with Crippen molar-refractivity contribution in [3.63, 3.8) is 0 Å². The molecule has 1 heterocycles. The van der Waals surface area contributed by atoms with Gasteiger partial charge in [-0.15, -0.1) is 0 Å². The predicted octanol–water partition coefficient (Wildman–Crippen LogP) is 1.71. The molecule has 0 radical (unpaired) electrons. The summed E-state index contributed by atoms with van der Waals surface area (Å²) in [6.07, 6.45) is 1.93. The first-order valence-electron chi connectivity index (χ1n) is 6.77. The van der Waals surface area contributed by atoms with Crippen molar-refractivity contribution < 1.29 is 8.42 Å². The monoisotopic (exact) mass is 282 g/mol. The van der Waals surface area contributed by atoms with Crippen LogP contribution >= 0.6 is 0 Å². The second kappa shape index (κ2) is 6.03. The zero-order chi connectivity index (χ0) is 13.9. The highest BCUT2D eigenvalue weighted by molar-refractivity contribution is 7.88. The number of piperidine rings is 1. The minimum atomic E-state index is -3.18. The molecule has 1 aliphatic rings. The van der Waals surface area contributed by atoms with Gasteiger partial charge in [0, 0.05) is 19.6 Å². The minimum absolute atomic E-state index is 0.0895. The van der Waals surface area contributed by atoms with Crippen molar-refractivity contribution in [1.82, 2.24) is 4.31 Å². The molecule has 0 atom stereocenters. The maximum atomic E-state index is 12.3. The van der Waals surface area contributed by atoms with Crippen LogP contribution in [0.15, 0.2) is 24.3 Å². The molecule has 2 rings (SSSR count). The highest BCUT2D eigenvalue weighted by atomic mass is 32.2. The Kier molecular flexibility index (Phi) is 4.60. The fourth-order valence-corrected chi connectivity index (χ4v) is 3.90. The summed E-state index contributed by atoms with van der Waals surface area (Å²) in [5.41, 5.74) is 7.38. The molecule has 106 valence electrons. The third-order valence-electron chi connectivity index (χ3n) is 3.74. The molecule has 1 fully saturated rings. The quantitative estimate of drug-likeness (QED) is 0.914. The van der Waals surface area contributed by atoms with Crippen molar-refractivity contribution in [3.8, 4) is 0 Å². The predicted molar refractivity (Wildman–Crippen MR) is 76.9 cm³/mol. The highest BCUT2D eigenvalue weighted by Crippen LogP contribution is 2.21. The topological polar surface area (TPSA) is 63.4 Å². The SMILES string of the molecule is CC1CCN(S(=O)(=O)Cc2ccc(CN)cc2)CC1. The molecule has 0 bridgehead atoms. The van der Waals surface area contributed by atoms with Crippen molar-refractivity contribution in [1.29, 1.82) is 0 Å². The molecule has 19 heavy (non-hydrogen) atoms. The van der Waals surface area contributed by atoms with Crippen LogP contribution in [0.2, 0.25) is 0 Å². The van der Waals surface area contributed by atoms with E-state index in [1.165, 1.54) is 0 Å². The summed E-state index contributed by atoms with van der Waals surface area (Å²) >= 11 is 0. The van der Waals surface area contributed by atoms with E-state index in [0.717, 1.165) is 24.0 Å². The van der Waals surface area contributed by atoms with Gasteiger partial charge in [0.25, 0.3) is 0 Å². The van der Waals surface area contributed by atoms with Crippen molar-refractivity contribution in [2.75, 3.05) is 13.1 Å². The summed E-state index contributed by atoms with van der Waals surface area (Å²) < 4.78 is 26.3. The molecule has 1 aromatic rings. The van der Waals surface area contributed by atoms with Gasteiger partial charge in [-0.3, -0.25) is 0 Å². The second-order valence-corrected chi connectivity index (χ2v) is 7.33. The van der Waals surface area contributed by atoms with Gasteiger partial charge in [-0.25, -0.2) is 12.7 Å². The molecule has 1 saturated heterocycles. The minimum Gasteiger partial charge on any atom is -0.326 e. The average molecular weight is 282 g/mol. The Balaban J connectivity index is 2.03. The Labute approximate surface area is 115 Å². The van der Waals surface area contributed by atoms with Crippen LogP contribution in [-0.4, -0.2) is 25.8 Å². The third-order valence-corrected chi connectivity index (χ3v) is 5.59. The smallest absolute Gasteiger partial charge is 0.218 e. The molecule has 0 unspecified atom stereocenters. The fourth-order valence-electron chi connectivity index (χ4n) is 2.34. The molecule has 0 spiro atoms. The van der Waals surface area contributed by atoms with Crippen LogP contribution in [0.3, 0.4) is 0 Å². The Morgan fingerprint density at radius 3 is 2.21 bits per heavy atom. The Hall–Kier alpha value is -0.910. The van der Waals surface area contributed by atoms with Gasteiger partial charge >= 0.3 is 0 Å². The normalized spacial score (nSPS) is 18.6. The molecule has 2 N–H and O–H groups in total. The van der Waals surface area contributed by atoms with Gasteiger partial charge in [-0.05, 0) is 29.9 Å². The summed E-state index contributed by atoms with van der Waals surface area (Å²) in [6.45, 7) is 3.97. The van der Waals surface area contributed by atoms with E-state index in [-0.39, 0.29) is 5.75 Å². The van der Waals surface area contributed by atoms with E-state index in [0.29, 0.717) is 25.6 Å². The lowest BCUT2D eigenvalue weighted by Gasteiger charge is -2.29. The first-order valence-corrected chi connectivity index (χ1v) is 8.38. The van der Waals surface area contributed by atoms with Gasteiger partial charge in [-0.2, -0.15) is 0 Å². The molecule has 4 nitrogen and oxygen atoms in total. The molecule has 0 saturated carbocycles. The highest BCUT2D eigenvalue weighted by Gasteiger charge is 2.26. The number of hydrogen-bond acceptors (Lipinski definition) is 3. The van der Waals surface area contributed by atoms with Crippen LogP contribution < -0.4 is 5.73 Å². The van der Waals surface area contributed by atoms with E-state index in [9.17, 15) is 8.42 Å². The summed E-state index contributed by atoms with van der Waals surface area (Å²) in [6, 6.07) is 7.49. The van der Waals surface area contributed by atoms with Crippen LogP contribution in [0.1, 0.15) is 30.9 Å². The lowest BCUT2D eigenvalue weighted by Crippen LogP contribution is -2.38. The Morgan fingerprint density at radius 1 is 1.16 bits per heavy atom. The van der Waals surface area contributed by atoms with Gasteiger partial charge < -0.3 is 5.73 Å². The van der Waals surface area contributed by atoms with Gasteiger partial charge in [0.1, 0.15) is 0 Å². The van der Waals surface area contributed by atoms with Gasteiger partial charge in [0.05, 0.1) is 5.75 Å². The lowest BCUT2D eigenvalue weighted by molar-refractivity contribution is 0.287. The van der Waals surface area contributed by atoms with Crippen LogP contribution in [0.4, 0.5) is 0 Å². The van der Waals surface area contributed by atoms with Crippen LogP contribution in [0, 0.1) is 5.92 Å². The molecular weight excluding hydrogens is 260 g/mol. The number of rotatable bonds is 4. The van der Waals surface area contributed by atoms with E-state index >= 15 is 0 Å². The van der Waals surface area contributed by atoms with Crippen LogP contribution in [0.5, 0.6) is 0 Å². The largest absolute Gasteiger partial charge is 0.326 e. The molecule has 1 aromatic carbocycles. The third kappa shape index (κ3) is 3.78. The number of hydrogen-bond donors (Lipinski definition) is 1. The summed E-state index contributed by atoms with van der Waals surface area (Å²) in [5.74, 6) is 0.724. The Bertz CT molecular complexity index is 503. The molecular formula is C14H22N2O2S. The second-order valence-electron chi connectivity index (χ2n) is 5.36. The van der Waals surface area contributed by atoms with E-state index in [1.54, 1.807) is 4.31 Å². The zero-order valence-electron chi connectivity index (χ0n) is 11.4. The summed E-state index contributed by atoms with van der Waals surface area (Å²) in [5, 5.41) is 0.